The Balaban J connectivity index is 4.01. The average Bonchev–Trinajstić information content (AvgIpc) is 2.38. The first-order valence-corrected chi connectivity index (χ1v) is 6.18. The fraction of sp³-hybridized carbons (Fsp3) is 0.750. The quantitative estimate of drug-likeness (QED) is 0.440. The highest BCUT2D eigenvalue weighted by molar-refractivity contribution is 5.84. The third-order valence-electron chi connectivity index (χ3n) is 2.32. The van der Waals surface area contributed by atoms with Crippen LogP contribution in [0.15, 0.2) is 0 Å². The number of carboxylic acids is 1. The Morgan fingerprint density at radius 3 is 2.42 bits per heavy atom. The van der Waals surface area contributed by atoms with E-state index in [-0.39, 0.29) is 25.9 Å². The summed E-state index contributed by atoms with van der Waals surface area (Å²) in [4.78, 5) is 33.3. The molecule has 1 atom stereocenters. The van der Waals surface area contributed by atoms with Gasteiger partial charge in [-0.2, -0.15) is 0 Å². The van der Waals surface area contributed by atoms with Crippen LogP contribution in [0, 0.1) is 0 Å². The minimum atomic E-state index is -1.17. The molecule has 0 bridgehead atoms. The van der Waals surface area contributed by atoms with Gasteiger partial charge < -0.3 is 19.9 Å². The number of amides is 1. The minimum Gasteiger partial charge on any atom is -0.480 e. The van der Waals surface area contributed by atoms with Gasteiger partial charge in [0.25, 0.3) is 0 Å². The van der Waals surface area contributed by atoms with Crippen LogP contribution in [0.3, 0.4) is 0 Å². The van der Waals surface area contributed by atoms with Gasteiger partial charge in [-0.25, -0.2) is 4.79 Å². The molecule has 0 heterocycles. The van der Waals surface area contributed by atoms with Gasteiger partial charge in [0.05, 0.1) is 13.7 Å². The molecule has 19 heavy (non-hydrogen) atoms. The third kappa shape index (κ3) is 9.01. The smallest absolute Gasteiger partial charge is 0.326 e. The summed E-state index contributed by atoms with van der Waals surface area (Å²) in [5, 5.41) is 11.3. The second kappa shape index (κ2) is 10.3. The number of nitrogens with one attached hydrogen (secondary N) is 1. The molecule has 0 aromatic heterocycles. The highest BCUT2D eigenvalue weighted by Gasteiger charge is 2.20. The molecule has 2 N–H and O–H groups in total. The fourth-order valence-electron chi connectivity index (χ4n) is 1.30. The van der Waals surface area contributed by atoms with E-state index in [4.69, 9.17) is 9.84 Å². The molecule has 0 fully saturated rings. The number of carbonyl (C=O) groups is 3. The van der Waals surface area contributed by atoms with Crippen LogP contribution in [0.5, 0.6) is 0 Å². The molecule has 110 valence electrons. The zero-order chi connectivity index (χ0) is 14.7. The molecule has 7 heteroatoms. The van der Waals surface area contributed by atoms with E-state index in [1.54, 1.807) is 0 Å². The van der Waals surface area contributed by atoms with Crippen LogP contribution in [0.2, 0.25) is 0 Å². The Morgan fingerprint density at radius 2 is 1.89 bits per heavy atom. The SMILES string of the molecule is CCCOCCC(=O)NC(CCC(=O)OC)C(=O)O. The van der Waals surface area contributed by atoms with Crippen molar-refractivity contribution in [2.45, 2.75) is 38.6 Å². The molecular formula is C12H21NO6. The zero-order valence-corrected chi connectivity index (χ0v) is 11.3. The van der Waals surface area contributed by atoms with Crippen LogP contribution in [0.25, 0.3) is 0 Å². The van der Waals surface area contributed by atoms with Crippen molar-refractivity contribution in [1.29, 1.82) is 0 Å². The maximum Gasteiger partial charge on any atom is 0.326 e. The largest absolute Gasteiger partial charge is 0.480 e. The second-order valence-electron chi connectivity index (χ2n) is 3.94. The average molecular weight is 275 g/mol. The lowest BCUT2D eigenvalue weighted by Crippen LogP contribution is -2.41. The first-order chi connectivity index (χ1) is 9.01. The summed E-state index contributed by atoms with van der Waals surface area (Å²) < 4.78 is 9.54. The van der Waals surface area contributed by atoms with E-state index in [1.807, 2.05) is 6.92 Å². The Morgan fingerprint density at radius 1 is 1.21 bits per heavy atom. The summed E-state index contributed by atoms with van der Waals surface area (Å²) in [6, 6.07) is -1.09. The molecule has 0 radical (unpaired) electrons. The van der Waals surface area contributed by atoms with Gasteiger partial charge in [0.2, 0.25) is 5.91 Å². The predicted molar refractivity (Wildman–Crippen MR) is 66.5 cm³/mol. The molecule has 0 aromatic carbocycles. The van der Waals surface area contributed by atoms with Gasteiger partial charge in [-0.3, -0.25) is 9.59 Å². The van der Waals surface area contributed by atoms with E-state index in [0.29, 0.717) is 6.61 Å². The van der Waals surface area contributed by atoms with Gasteiger partial charge in [0.1, 0.15) is 6.04 Å². The molecule has 0 saturated heterocycles. The van der Waals surface area contributed by atoms with Crippen molar-refractivity contribution in [1.82, 2.24) is 5.32 Å². The van der Waals surface area contributed by atoms with E-state index in [0.717, 1.165) is 6.42 Å². The third-order valence-corrected chi connectivity index (χ3v) is 2.32. The van der Waals surface area contributed by atoms with Crippen molar-refractivity contribution in [2.24, 2.45) is 0 Å². The van der Waals surface area contributed by atoms with Gasteiger partial charge in [-0.1, -0.05) is 6.92 Å². The highest BCUT2D eigenvalue weighted by atomic mass is 16.5. The first kappa shape index (κ1) is 17.4. The normalized spacial score (nSPS) is 11.7. The Bertz CT molecular complexity index is 305. The molecule has 1 unspecified atom stereocenters. The van der Waals surface area contributed by atoms with E-state index < -0.39 is 23.9 Å². The number of hydrogen-bond donors (Lipinski definition) is 2. The Kier molecular flexibility index (Phi) is 9.42. The number of carboxylic acid groups (broad SMARTS) is 1. The summed E-state index contributed by atoms with van der Waals surface area (Å²) in [5.74, 6) is -2.09. The van der Waals surface area contributed by atoms with Crippen molar-refractivity contribution in [3.63, 3.8) is 0 Å². The zero-order valence-electron chi connectivity index (χ0n) is 11.3. The lowest BCUT2D eigenvalue weighted by Gasteiger charge is -2.13. The van der Waals surface area contributed by atoms with Crippen LogP contribution in [-0.2, 0) is 23.9 Å². The number of carbonyl (C=O) groups excluding carboxylic acids is 2. The van der Waals surface area contributed by atoms with Gasteiger partial charge in [-0.05, 0) is 12.8 Å². The van der Waals surface area contributed by atoms with Gasteiger partial charge in [0, 0.05) is 19.4 Å². The van der Waals surface area contributed by atoms with Crippen LogP contribution in [0.1, 0.15) is 32.6 Å². The molecule has 0 spiro atoms. The number of esters is 1. The fourth-order valence-corrected chi connectivity index (χ4v) is 1.30. The van der Waals surface area contributed by atoms with E-state index in [9.17, 15) is 14.4 Å². The van der Waals surface area contributed by atoms with Crippen molar-refractivity contribution < 1.29 is 29.0 Å². The lowest BCUT2D eigenvalue weighted by atomic mass is 10.1. The van der Waals surface area contributed by atoms with Gasteiger partial charge >= 0.3 is 11.9 Å². The van der Waals surface area contributed by atoms with Gasteiger partial charge in [-0.15, -0.1) is 0 Å². The van der Waals surface area contributed by atoms with E-state index in [1.165, 1.54) is 7.11 Å². The number of ether oxygens (including phenoxy) is 2. The van der Waals surface area contributed by atoms with Crippen LogP contribution in [-0.4, -0.2) is 49.3 Å². The van der Waals surface area contributed by atoms with Crippen molar-refractivity contribution >= 4 is 17.8 Å². The Labute approximate surface area is 112 Å². The molecule has 7 nitrogen and oxygen atoms in total. The maximum absolute atomic E-state index is 11.5. The summed E-state index contributed by atoms with van der Waals surface area (Å²) in [5.41, 5.74) is 0. The van der Waals surface area contributed by atoms with E-state index in [2.05, 4.69) is 10.1 Å². The van der Waals surface area contributed by atoms with E-state index >= 15 is 0 Å². The summed E-state index contributed by atoms with van der Waals surface area (Å²) in [7, 11) is 1.22. The number of methoxy groups -OCH3 is 1. The van der Waals surface area contributed by atoms with Crippen molar-refractivity contribution in [2.75, 3.05) is 20.3 Å². The summed E-state index contributed by atoms with van der Waals surface area (Å²) in [6.07, 6.45) is 0.907. The van der Waals surface area contributed by atoms with Crippen LogP contribution >= 0.6 is 0 Å². The topological polar surface area (TPSA) is 102 Å². The number of aliphatic carboxylic acids is 1. The summed E-state index contributed by atoms with van der Waals surface area (Å²) in [6.45, 7) is 2.77. The highest BCUT2D eigenvalue weighted by Crippen LogP contribution is 2.00. The molecular weight excluding hydrogens is 254 g/mol. The van der Waals surface area contributed by atoms with Crippen LogP contribution < -0.4 is 5.32 Å². The number of rotatable bonds is 10. The summed E-state index contributed by atoms with van der Waals surface area (Å²) >= 11 is 0. The van der Waals surface area contributed by atoms with Crippen molar-refractivity contribution in [3.05, 3.63) is 0 Å². The monoisotopic (exact) mass is 275 g/mol. The Hall–Kier alpha value is -1.63. The number of hydrogen-bond acceptors (Lipinski definition) is 5. The maximum atomic E-state index is 11.5. The van der Waals surface area contributed by atoms with Crippen LogP contribution in [0.4, 0.5) is 0 Å². The molecule has 0 rings (SSSR count). The molecule has 0 aliphatic rings. The first-order valence-electron chi connectivity index (χ1n) is 6.18. The lowest BCUT2D eigenvalue weighted by molar-refractivity contribution is -0.144. The minimum absolute atomic E-state index is 0.00354. The second-order valence-corrected chi connectivity index (χ2v) is 3.94. The van der Waals surface area contributed by atoms with Crippen molar-refractivity contribution in [3.8, 4) is 0 Å². The molecule has 0 saturated carbocycles. The molecule has 0 aliphatic carbocycles. The molecule has 0 aliphatic heterocycles. The molecule has 1 amide bonds. The molecule has 0 aromatic rings. The predicted octanol–water partition coefficient (Wildman–Crippen LogP) is 0.326. The van der Waals surface area contributed by atoms with Gasteiger partial charge in [0.15, 0.2) is 0 Å². The standard InChI is InChI=1S/C12H21NO6/c1-3-7-19-8-6-10(14)13-9(12(16)17)4-5-11(15)18-2/h9H,3-8H2,1-2H3,(H,13,14)(H,16,17).